The van der Waals surface area contributed by atoms with Crippen molar-refractivity contribution in [3.63, 3.8) is 0 Å². The van der Waals surface area contributed by atoms with Crippen LogP contribution in [0, 0.1) is 0 Å². The Morgan fingerprint density at radius 1 is 1.62 bits per heavy atom. The summed E-state index contributed by atoms with van der Waals surface area (Å²) in [5.41, 5.74) is 0. The van der Waals surface area contributed by atoms with Gasteiger partial charge in [0, 0.05) is 30.9 Å². The molecule has 0 aromatic carbocycles. The van der Waals surface area contributed by atoms with Crippen LogP contribution in [0.15, 0.2) is 24.5 Å². The Balaban J connectivity index is 2.54. The second kappa shape index (κ2) is 6.10. The highest BCUT2D eigenvalue weighted by Crippen LogP contribution is 2.11. The molecule has 0 N–H and O–H groups in total. The molecule has 0 unspecified atom stereocenters. The van der Waals surface area contributed by atoms with E-state index < -0.39 is 0 Å². The molecule has 0 aliphatic carbocycles. The van der Waals surface area contributed by atoms with Gasteiger partial charge in [-0.25, -0.2) is 9.78 Å². The maximum absolute atomic E-state index is 11.1. The maximum Gasteiger partial charge on any atom is 0.330 e. The summed E-state index contributed by atoms with van der Waals surface area (Å²) in [6, 6.07) is 0. The Bertz CT molecular complexity index is 367. The Kier molecular flexibility index (Phi) is 4.76. The smallest absolute Gasteiger partial charge is 0.330 e. The SMILES string of the molecule is CCOC(=O)/C=C/Cn1ccnc1C(C)C. The van der Waals surface area contributed by atoms with Crippen molar-refractivity contribution in [2.75, 3.05) is 6.61 Å². The van der Waals surface area contributed by atoms with Gasteiger partial charge in [-0.1, -0.05) is 19.9 Å². The summed E-state index contributed by atoms with van der Waals surface area (Å²) >= 11 is 0. The van der Waals surface area contributed by atoms with E-state index in [1.165, 1.54) is 6.08 Å². The Labute approximate surface area is 95.9 Å². The number of esters is 1. The first-order valence-electron chi connectivity index (χ1n) is 5.49. The zero-order chi connectivity index (χ0) is 12.0. The number of carbonyl (C=O) groups excluding carboxylic acids is 1. The van der Waals surface area contributed by atoms with Gasteiger partial charge < -0.3 is 9.30 Å². The van der Waals surface area contributed by atoms with E-state index in [4.69, 9.17) is 4.74 Å². The van der Waals surface area contributed by atoms with E-state index in [-0.39, 0.29) is 5.97 Å². The van der Waals surface area contributed by atoms with E-state index in [1.807, 2.05) is 10.8 Å². The van der Waals surface area contributed by atoms with Crippen LogP contribution in [0.2, 0.25) is 0 Å². The van der Waals surface area contributed by atoms with Gasteiger partial charge in [-0.15, -0.1) is 0 Å². The topological polar surface area (TPSA) is 44.1 Å². The van der Waals surface area contributed by atoms with Gasteiger partial charge in [-0.05, 0) is 6.92 Å². The second-order valence-corrected chi connectivity index (χ2v) is 3.75. The number of ether oxygens (including phenoxy) is 1. The molecule has 0 aliphatic heterocycles. The number of carbonyl (C=O) groups is 1. The van der Waals surface area contributed by atoms with Crippen LogP contribution < -0.4 is 0 Å². The van der Waals surface area contributed by atoms with Crippen molar-refractivity contribution in [2.24, 2.45) is 0 Å². The molecule has 0 spiro atoms. The zero-order valence-electron chi connectivity index (χ0n) is 10.0. The number of imidazole rings is 1. The third-order valence-corrected chi connectivity index (χ3v) is 2.11. The summed E-state index contributed by atoms with van der Waals surface area (Å²) in [5, 5.41) is 0. The molecule has 0 saturated carbocycles. The molecule has 88 valence electrons. The molecule has 1 heterocycles. The summed E-state index contributed by atoms with van der Waals surface area (Å²) in [6.07, 6.45) is 6.91. The molecule has 16 heavy (non-hydrogen) atoms. The molecule has 1 rings (SSSR count). The average molecular weight is 222 g/mol. The van der Waals surface area contributed by atoms with E-state index >= 15 is 0 Å². The van der Waals surface area contributed by atoms with E-state index in [1.54, 1.807) is 19.2 Å². The predicted octanol–water partition coefficient (Wildman–Crippen LogP) is 2.13. The van der Waals surface area contributed by atoms with Crippen molar-refractivity contribution < 1.29 is 9.53 Å². The highest BCUT2D eigenvalue weighted by molar-refractivity contribution is 5.81. The molecule has 1 aromatic heterocycles. The van der Waals surface area contributed by atoms with Crippen molar-refractivity contribution >= 4 is 5.97 Å². The fourth-order valence-corrected chi connectivity index (χ4v) is 1.43. The third kappa shape index (κ3) is 3.53. The second-order valence-electron chi connectivity index (χ2n) is 3.75. The molecule has 1 aromatic rings. The van der Waals surface area contributed by atoms with Crippen LogP contribution in [0.3, 0.4) is 0 Å². The molecule has 0 amide bonds. The summed E-state index contributed by atoms with van der Waals surface area (Å²) in [6.45, 7) is 7.03. The molecule has 0 saturated heterocycles. The van der Waals surface area contributed by atoms with Gasteiger partial charge >= 0.3 is 5.97 Å². The fraction of sp³-hybridized carbons (Fsp3) is 0.500. The zero-order valence-corrected chi connectivity index (χ0v) is 10.0. The minimum absolute atomic E-state index is 0.297. The van der Waals surface area contributed by atoms with Crippen LogP contribution in [0.25, 0.3) is 0 Å². The molecule has 0 radical (unpaired) electrons. The highest BCUT2D eigenvalue weighted by atomic mass is 16.5. The lowest BCUT2D eigenvalue weighted by Gasteiger charge is -2.07. The Hall–Kier alpha value is -1.58. The van der Waals surface area contributed by atoms with Crippen molar-refractivity contribution in [3.8, 4) is 0 Å². The Morgan fingerprint density at radius 2 is 2.38 bits per heavy atom. The molecule has 0 bridgehead atoms. The maximum atomic E-state index is 11.1. The summed E-state index contributed by atoms with van der Waals surface area (Å²) in [7, 11) is 0. The number of rotatable bonds is 5. The van der Waals surface area contributed by atoms with Gasteiger partial charge in [0.15, 0.2) is 0 Å². The van der Waals surface area contributed by atoms with E-state index in [9.17, 15) is 4.79 Å². The molecule has 4 heteroatoms. The first-order chi connectivity index (χ1) is 7.65. The summed E-state index contributed by atoms with van der Waals surface area (Å²) < 4.78 is 6.80. The fourth-order valence-electron chi connectivity index (χ4n) is 1.43. The van der Waals surface area contributed by atoms with Gasteiger partial charge in [0.1, 0.15) is 5.82 Å². The number of allylic oxidation sites excluding steroid dienone is 1. The molecule has 0 atom stereocenters. The normalized spacial score (nSPS) is 11.2. The lowest BCUT2D eigenvalue weighted by atomic mass is 10.2. The monoisotopic (exact) mass is 222 g/mol. The van der Waals surface area contributed by atoms with Crippen LogP contribution in [0.4, 0.5) is 0 Å². The van der Waals surface area contributed by atoms with Gasteiger partial charge in [-0.2, -0.15) is 0 Å². The number of hydrogen-bond donors (Lipinski definition) is 0. The highest BCUT2D eigenvalue weighted by Gasteiger charge is 2.05. The van der Waals surface area contributed by atoms with Crippen molar-refractivity contribution in [2.45, 2.75) is 33.2 Å². The van der Waals surface area contributed by atoms with Gasteiger partial charge in [0.2, 0.25) is 0 Å². The molecule has 0 fully saturated rings. The number of hydrogen-bond acceptors (Lipinski definition) is 3. The first kappa shape index (κ1) is 12.5. The molecular formula is C12H18N2O2. The van der Waals surface area contributed by atoms with Gasteiger partial charge in [0.05, 0.1) is 6.61 Å². The number of aromatic nitrogens is 2. The van der Waals surface area contributed by atoms with Crippen LogP contribution in [-0.2, 0) is 16.1 Å². The quantitative estimate of drug-likeness (QED) is 0.566. The minimum atomic E-state index is -0.297. The van der Waals surface area contributed by atoms with Crippen molar-refractivity contribution in [1.29, 1.82) is 0 Å². The third-order valence-electron chi connectivity index (χ3n) is 2.11. The first-order valence-corrected chi connectivity index (χ1v) is 5.49. The Morgan fingerprint density at radius 3 is 3.00 bits per heavy atom. The average Bonchev–Trinajstić information content (AvgIpc) is 2.66. The van der Waals surface area contributed by atoms with Crippen LogP contribution >= 0.6 is 0 Å². The van der Waals surface area contributed by atoms with Crippen LogP contribution in [0.5, 0.6) is 0 Å². The standard InChI is InChI=1S/C12H18N2O2/c1-4-16-11(15)6-5-8-14-9-7-13-12(14)10(2)3/h5-7,9-10H,4,8H2,1-3H3/b6-5+. The van der Waals surface area contributed by atoms with Crippen LogP contribution in [-0.4, -0.2) is 22.1 Å². The van der Waals surface area contributed by atoms with Gasteiger partial charge in [0.25, 0.3) is 0 Å². The molecular weight excluding hydrogens is 204 g/mol. The van der Waals surface area contributed by atoms with E-state index in [0.717, 1.165) is 5.82 Å². The molecule has 0 aliphatic rings. The van der Waals surface area contributed by atoms with Crippen molar-refractivity contribution in [1.82, 2.24) is 9.55 Å². The largest absolute Gasteiger partial charge is 0.463 e. The summed E-state index contributed by atoms with van der Waals surface area (Å²) in [5.74, 6) is 1.10. The van der Waals surface area contributed by atoms with Gasteiger partial charge in [-0.3, -0.25) is 0 Å². The predicted molar refractivity (Wildman–Crippen MR) is 62.1 cm³/mol. The minimum Gasteiger partial charge on any atom is -0.463 e. The molecule has 4 nitrogen and oxygen atoms in total. The van der Waals surface area contributed by atoms with E-state index in [0.29, 0.717) is 19.1 Å². The van der Waals surface area contributed by atoms with E-state index in [2.05, 4.69) is 18.8 Å². The lowest BCUT2D eigenvalue weighted by molar-refractivity contribution is -0.137. The lowest BCUT2D eigenvalue weighted by Crippen LogP contribution is -2.04. The summed E-state index contributed by atoms with van der Waals surface area (Å²) in [4.78, 5) is 15.3. The number of nitrogens with zero attached hydrogens (tertiary/aromatic N) is 2. The van der Waals surface area contributed by atoms with Crippen LogP contribution in [0.1, 0.15) is 32.5 Å². The van der Waals surface area contributed by atoms with Crippen molar-refractivity contribution in [3.05, 3.63) is 30.4 Å².